The number of furan rings is 1. The molecule has 0 radical (unpaired) electrons. The predicted molar refractivity (Wildman–Crippen MR) is 239 cm³/mol. The second kappa shape index (κ2) is 13.6. The first-order valence-electron chi connectivity index (χ1n) is 19.4. The van der Waals surface area contributed by atoms with Crippen LogP contribution in [0.1, 0.15) is 0 Å². The molecule has 0 aliphatic heterocycles. The van der Waals surface area contributed by atoms with Gasteiger partial charge in [0.25, 0.3) is 0 Å². The summed E-state index contributed by atoms with van der Waals surface area (Å²) in [5.41, 5.74) is 15.2. The summed E-state index contributed by atoms with van der Waals surface area (Å²) in [7, 11) is 0. The number of para-hydroxylation sites is 4. The largest absolute Gasteiger partial charge is 0.455 e. The first kappa shape index (κ1) is 32.8. The fraction of sp³-hybridized carbons (Fsp3) is 0. The van der Waals surface area contributed by atoms with Gasteiger partial charge >= 0.3 is 0 Å². The molecular weight excluding hydrogens is 693 g/mol. The van der Waals surface area contributed by atoms with Gasteiger partial charge in [0, 0.05) is 49.7 Å². The second-order valence-corrected chi connectivity index (χ2v) is 14.5. The second-order valence-electron chi connectivity index (χ2n) is 14.5. The molecule has 0 atom stereocenters. The molecule has 0 saturated heterocycles. The van der Waals surface area contributed by atoms with Gasteiger partial charge in [0.15, 0.2) is 0 Å². The SMILES string of the molecule is c1ccc(-c2ccc(N(c3ccccc3)c3cc(-c4cccc(-n5c6ccccc6c6ccccc65)c4)c4oc5ccccc5c4c3)c(-c3ccccc3)c2)cc1. The normalized spacial score (nSPS) is 11.5. The van der Waals surface area contributed by atoms with Crippen LogP contribution < -0.4 is 4.90 Å². The van der Waals surface area contributed by atoms with E-state index in [0.29, 0.717) is 0 Å². The Kier molecular flexibility index (Phi) is 7.82. The number of anilines is 3. The molecule has 0 fully saturated rings. The van der Waals surface area contributed by atoms with Gasteiger partial charge in [0.1, 0.15) is 11.2 Å². The van der Waals surface area contributed by atoms with E-state index in [-0.39, 0.29) is 0 Å². The van der Waals surface area contributed by atoms with Crippen molar-refractivity contribution in [3.8, 4) is 39.1 Å². The molecule has 0 amide bonds. The van der Waals surface area contributed by atoms with Crippen molar-refractivity contribution >= 4 is 60.8 Å². The maximum Gasteiger partial charge on any atom is 0.143 e. The molecule has 0 aliphatic rings. The van der Waals surface area contributed by atoms with Crippen molar-refractivity contribution < 1.29 is 4.42 Å². The molecule has 57 heavy (non-hydrogen) atoms. The van der Waals surface area contributed by atoms with Crippen LogP contribution in [0.25, 0.3) is 82.8 Å². The van der Waals surface area contributed by atoms with E-state index < -0.39 is 0 Å². The number of hydrogen-bond donors (Lipinski definition) is 0. The summed E-state index contributed by atoms with van der Waals surface area (Å²) in [5, 5.41) is 4.64. The quantitative estimate of drug-likeness (QED) is 0.163. The van der Waals surface area contributed by atoms with E-state index in [0.717, 1.165) is 66.9 Å². The van der Waals surface area contributed by atoms with Gasteiger partial charge in [0.2, 0.25) is 0 Å². The molecule has 0 unspecified atom stereocenters. The van der Waals surface area contributed by atoms with Crippen molar-refractivity contribution in [2.45, 2.75) is 0 Å². The van der Waals surface area contributed by atoms with Gasteiger partial charge in [-0.1, -0.05) is 152 Å². The summed E-state index contributed by atoms with van der Waals surface area (Å²) < 4.78 is 9.17. The molecule has 11 aromatic rings. The van der Waals surface area contributed by atoms with Crippen molar-refractivity contribution in [3.63, 3.8) is 0 Å². The predicted octanol–water partition coefficient (Wildman–Crippen LogP) is 15.2. The Bertz CT molecular complexity index is 3180. The van der Waals surface area contributed by atoms with Crippen LogP contribution in [0.4, 0.5) is 17.1 Å². The Labute approximate surface area is 330 Å². The summed E-state index contributed by atoms with van der Waals surface area (Å²) in [4.78, 5) is 2.40. The van der Waals surface area contributed by atoms with E-state index in [2.05, 4.69) is 222 Å². The van der Waals surface area contributed by atoms with E-state index in [1.807, 2.05) is 6.07 Å². The zero-order chi connectivity index (χ0) is 37.7. The minimum atomic E-state index is 0.868. The van der Waals surface area contributed by atoms with Gasteiger partial charge in [0.05, 0.1) is 16.7 Å². The van der Waals surface area contributed by atoms with Crippen LogP contribution in [0.15, 0.2) is 223 Å². The fourth-order valence-corrected chi connectivity index (χ4v) is 8.56. The van der Waals surface area contributed by atoms with E-state index >= 15 is 0 Å². The molecule has 0 spiro atoms. The molecule has 0 saturated carbocycles. The molecule has 9 aromatic carbocycles. The minimum Gasteiger partial charge on any atom is -0.455 e. The number of rotatable bonds is 7. The molecule has 2 aromatic heterocycles. The molecule has 0 N–H and O–H groups in total. The van der Waals surface area contributed by atoms with E-state index in [9.17, 15) is 0 Å². The number of aromatic nitrogens is 1. The van der Waals surface area contributed by atoms with Gasteiger partial charge in [-0.25, -0.2) is 0 Å². The summed E-state index contributed by atoms with van der Waals surface area (Å²) >= 11 is 0. The van der Waals surface area contributed by atoms with E-state index in [1.165, 1.54) is 32.9 Å². The van der Waals surface area contributed by atoms with Crippen molar-refractivity contribution in [2.24, 2.45) is 0 Å². The maximum absolute atomic E-state index is 6.79. The van der Waals surface area contributed by atoms with Crippen LogP contribution in [-0.4, -0.2) is 4.57 Å². The third-order valence-electron chi connectivity index (χ3n) is 11.2. The van der Waals surface area contributed by atoms with Crippen molar-refractivity contribution in [3.05, 3.63) is 218 Å². The van der Waals surface area contributed by atoms with Crippen LogP contribution in [-0.2, 0) is 0 Å². The lowest BCUT2D eigenvalue weighted by Crippen LogP contribution is -2.11. The Hall–Kier alpha value is -7.62. The van der Waals surface area contributed by atoms with Crippen LogP contribution in [0.5, 0.6) is 0 Å². The molecule has 2 heterocycles. The summed E-state index contributed by atoms with van der Waals surface area (Å²) in [6, 6.07) is 78.1. The monoisotopic (exact) mass is 728 g/mol. The lowest BCUT2D eigenvalue weighted by atomic mass is 9.95. The molecular formula is C54H36N2O. The van der Waals surface area contributed by atoms with E-state index in [4.69, 9.17) is 4.42 Å². The van der Waals surface area contributed by atoms with Gasteiger partial charge < -0.3 is 13.9 Å². The molecule has 0 bridgehead atoms. The fourth-order valence-electron chi connectivity index (χ4n) is 8.56. The molecule has 11 rings (SSSR count). The van der Waals surface area contributed by atoms with Gasteiger partial charge in [-0.15, -0.1) is 0 Å². The number of benzene rings is 9. The van der Waals surface area contributed by atoms with Crippen LogP contribution in [0.3, 0.4) is 0 Å². The van der Waals surface area contributed by atoms with Crippen molar-refractivity contribution in [1.82, 2.24) is 4.57 Å². The van der Waals surface area contributed by atoms with Gasteiger partial charge in [-0.3, -0.25) is 0 Å². The van der Waals surface area contributed by atoms with Crippen LogP contribution >= 0.6 is 0 Å². The highest BCUT2D eigenvalue weighted by atomic mass is 16.3. The average molecular weight is 729 g/mol. The third-order valence-corrected chi connectivity index (χ3v) is 11.2. The van der Waals surface area contributed by atoms with Crippen LogP contribution in [0.2, 0.25) is 0 Å². The van der Waals surface area contributed by atoms with Gasteiger partial charge in [-0.2, -0.15) is 0 Å². The smallest absolute Gasteiger partial charge is 0.143 e. The summed E-state index contributed by atoms with van der Waals surface area (Å²) in [6.45, 7) is 0. The Morgan fingerprint density at radius 2 is 0.947 bits per heavy atom. The first-order valence-corrected chi connectivity index (χ1v) is 19.4. The van der Waals surface area contributed by atoms with E-state index in [1.54, 1.807) is 0 Å². The lowest BCUT2D eigenvalue weighted by molar-refractivity contribution is 0.670. The maximum atomic E-state index is 6.79. The average Bonchev–Trinajstić information content (AvgIpc) is 3.83. The third kappa shape index (κ3) is 5.60. The highest BCUT2D eigenvalue weighted by Crippen LogP contribution is 2.47. The molecule has 0 aliphatic carbocycles. The standard InChI is InChI=1S/C54H36N2O/c1-4-17-37(18-5-1)39-31-32-52(47(34-39)38-19-6-2-7-20-38)55(41-22-8-3-9-23-41)43-35-48(54-49(36-43)46-27-12-15-30-53(46)57-54)40-21-16-24-42(33-40)56-50-28-13-10-25-44(50)45-26-11-14-29-51(45)56/h1-36H. The van der Waals surface area contributed by atoms with Crippen LogP contribution in [0, 0.1) is 0 Å². The molecule has 3 nitrogen and oxygen atoms in total. The van der Waals surface area contributed by atoms with Crippen molar-refractivity contribution in [2.75, 3.05) is 4.90 Å². The molecule has 3 heteroatoms. The Morgan fingerprint density at radius 1 is 0.351 bits per heavy atom. The zero-order valence-electron chi connectivity index (χ0n) is 31.1. The van der Waals surface area contributed by atoms with Crippen molar-refractivity contribution in [1.29, 1.82) is 0 Å². The summed E-state index contributed by atoms with van der Waals surface area (Å²) in [5.74, 6) is 0. The van der Waals surface area contributed by atoms with Gasteiger partial charge in [-0.05, 0) is 89.0 Å². The first-order chi connectivity index (χ1) is 28.3. The lowest BCUT2D eigenvalue weighted by Gasteiger charge is -2.29. The number of fused-ring (bicyclic) bond motifs is 6. The molecule has 268 valence electrons. The minimum absolute atomic E-state index is 0.868. The topological polar surface area (TPSA) is 21.3 Å². The zero-order valence-corrected chi connectivity index (χ0v) is 31.1. The highest BCUT2D eigenvalue weighted by molar-refractivity contribution is 6.12. The highest BCUT2D eigenvalue weighted by Gasteiger charge is 2.23. The number of nitrogens with zero attached hydrogens (tertiary/aromatic N) is 2. The Morgan fingerprint density at radius 3 is 1.67 bits per heavy atom. The summed E-state index contributed by atoms with van der Waals surface area (Å²) in [6.07, 6.45) is 0. The number of hydrogen-bond acceptors (Lipinski definition) is 2. The Balaban J connectivity index is 1.17.